The lowest BCUT2D eigenvalue weighted by molar-refractivity contribution is -0.141. The molecule has 2 nitrogen and oxygen atoms in total. The number of halogens is 4. The number of nitrogens with zero attached hydrogens (tertiary/aromatic N) is 1. The molecule has 108 valence electrons. The van der Waals surface area contributed by atoms with Gasteiger partial charge in [-0.15, -0.1) is 11.3 Å². The van der Waals surface area contributed by atoms with E-state index in [4.69, 9.17) is 0 Å². The first-order valence-corrected chi connectivity index (χ1v) is 6.62. The molecule has 0 amide bonds. The first-order chi connectivity index (χ1) is 9.32. The standard InChI is InChI=1S/C13H12F4N2S/c1-7-3-4-9(14)8(5-7)12-19-11(13(15,16)17)10(20-12)6-18-2/h3-5,18H,6H2,1-2H3. The van der Waals surface area contributed by atoms with Crippen molar-refractivity contribution < 1.29 is 17.6 Å². The molecule has 0 radical (unpaired) electrons. The van der Waals surface area contributed by atoms with E-state index in [9.17, 15) is 17.6 Å². The van der Waals surface area contributed by atoms with Gasteiger partial charge in [-0.1, -0.05) is 11.6 Å². The number of alkyl halides is 3. The Morgan fingerprint density at radius 2 is 2.00 bits per heavy atom. The van der Waals surface area contributed by atoms with Crippen molar-refractivity contribution >= 4 is 11.3 Å². The molecule has 0 aliphatic rings. The molecule has 0 saturated heterocycles. The van der Waals surface area contributed by atoms with Gasteiger partial charge in [-0.2, -0.15) is 13.2 Å². The molecule has 0 atom stereocenters. The molecule has 0 unspecified atom stereocenters. The average Bonchev–Trinajstić information content (AvgIpc) is 2.76. The fourth-order valence-corrected chi connectivity index (χ4v) is 2.88. The van der Waals surface area contributed by atoms with Gasteiger partial charge in [0.15, 0.2) is 5.69 Å². The summed E-state index contributed by atoms with van der Waals surface area (Å²) in [6, 6.07) is 4.29. The van der Waals surface area contributed by atoms with Crippen molar-refractivity contribution in [2.45, 2.75) is 19.6 Å². The monoisotopic (exact) mass is 304 g/mol. The van der Waals surface area contributed by atoms with Crippen molar-refractivity contribution in [1.29, 1.82) is 0 Å². The third-order valence-corrected chi connectivity index (χ3v) is 3.74. The molecule has 2 rings (SSSR count). The lowest BCUT2D eigenvalue weighted by atomic mass is 10.1. The molecule has 0 aliphatic carbocycles. The number of benzene rings is 1. The van der Waals surface area contributed by atoms with Crippen molar-refractivity contribution in [2.75, 3.05) is 7.05 Å². The van der Waals surface area contributed by atoms with Crippen LogP contribution in [0.5, 0.6) is 0 Å². The van der Waals surface area contributed by atoms with Gasteiger partial charge < -0.3 is 5.32 Å². The van der Waals surface area contributed by atoms with Gasteiger partial charge in [0.2, 0.25) is 0 Å². The summed E-state index contributed by atoms with van der Waals surface area (Å²) in [6.45, 7) is 1.79. The number of hydrogen-bond donors (Lipinski definition) is 1. The molecule has 1 N–H and O–H groups in total. The Morgan fingerprint density at radius 3 is 2.60 bits per heavy atom. The average molecular weight is 304 g/mol. The zero-order valence-corrected chi connectivity index (χ0v) is 11.6. The SMILES string of the molecule is CNCc1sc(-c2cc(C)ccc2F)nc1C(F)(F)F. The first-order valence-electron chi connectivity index (χ1n) is 5.81. The summed E-state index contributed by atoms with van der Waals surface area (Å²) in [7, 11) is 1.55. The van der Waals surface area contributed by atoms with Gasteiger partial charge in [-0.25, -0.2) is 9.37 Å². The number of hydrogen-bond acceptors (Lipinski definition) is 3. The Morgan fingerprint density at radius 1 is 1.30 bits per heavy atom. The van der Waals surface area contributed by atoms with Crippen LogP contribution in [0.4, 0.5) is 17.6 Å². The van der Waals surface area contributed by atoms with E-state index in [1.807, 2.05) is 0 Å². The Bertz CT molecular complexity index is 619. The van der Waals surface area contributed by atoms with E-state index in [1.165, 1.54) is 12.1 Å². The van der Waals surface area contributed by atoms with Gasteiger partial charge in [0.1, 0.15) is 10.8 Å². The van der Waals surface area contributed by atoms with E-state index in [0.717, 1.165) is 16.9 Å². The maximum atomic E-state index is 13.7. The summed E-state index contributed by atoms with van der Waals surface area (Å²) in [5.41, 5.74) is -0.0871. The summed E-state index contributed by atoms with van der Waals surface area (Å²) in [6.07, 6.45) is -4.54. The lowest BCUT2D eigenvalue weighted by Crippen LogP contribution is -2.12. The normalized spacial score (nSPS) is 11.9. The van der Waals surface area contributed by atoms with Crippen LogP contribution in [0.25, 0.3) is 10.6 Å². The van der Waals surface area contributed by atoms with Crippen molar-refractivity contribution in [1.82, 2.24) is 10.3 Å². The fourth-order valence-electron chi connectivity index (χ4n) is 1.77. The molecule has 0 spiro atoms. The second-order valence-corrected chi connectivity index (χ2v) is 5.39. The highest BCUT2D eigenvalue weighted by Gasteiger charge is 2.37. The molecule has 0 fully saturated rings. The molecule has 1 aromatic carbocycles. The maximum Gasteiger partial charge on any atom is 0.434 e. The van der Waals surface area contributed by atoms with Crippen LogP contribution in [0.15, 0.2) is 18.2 Å². The Labute approximate surface area is 117 Å². The van der Waals surface area contributed by atoms with Crippen molar-refractivity contribution in [2.24, 2.45) is 0 Å². The minimum Gasteiger partial charge on any atom is -0.315 e. The third kappa shape index (κ3) is 2.99. The molecule has 0 saturated carbocycles. The van der Waals surface area contributed by atoms with Gasteiger partial charge in [0, 0.05) is 12.1 Å². The van der Waals surface area contributed by atoms with E-state index in [0.29, 0.717) is 0 Å². The Hall–Kier alpha value is -1.47. The Balaban J connectivity index is 2.55. The zero-order valence-electron chi connectivity index (χ0n) is 10.8. The predicted molar refractivity (Wildman–Crippen MR) is 70.0 cm³/mol. The fraction of sp³-hybridized carbons (Fsp3) is 0.308. The van der Waals surface area contributed by atoms with E-state index in [-0.39, 0.29) is 22.0 Å². The highest BCUT2D eigenvalue weighted by molar-refractivity contribution is 7.15. The second-order valence-electron chi connectivity index (χ2n) is 4.30. The van der Waals surface area contributed by atoms with E-state index in [1.54, 1.807) is 20.0 Å². The van der Waals surface area contributed by atoms with Crippen LogP contribution in [0.3, 0.4) is 0 Å². The van der Waals surface area contributed by atoms with Gasteiger partial charge in [0.05, 0.1) is 4.88 Å². The topological polar surface area (TPSA) is 24.9 Å². The smallest absolute Gasteiger partial charge is 0.315 e. The number of aryl methyl sites for hydroxylation is 1. The van der Waals surface area contributed by atoms with Crippen LogP contribution in [-0.2, 0) is 12.7 Å². The molecule has 7 heteroatoms. The van der Waals surface area contributed by atoms with Gasteiger partial charge >= 0.3 is 6.18 Å². The highest BCUT2D eigenvalue weighted by atomic mass is 32.1. The summed E-state index contributed by atoms with van der Waals surface area (Å²) >= 11 is 0.853. The maximum absolute atomic E-state index is 13.7. The Kier molecular flexibility index (Phi) is 4.10. The lowest BCUT2D eigenvalue weighted by Gasteiger charge is -2.04. The number of thiazole rings is 1. The van der Waals surface area contributed by atoms with E-state index < -0.39 is 17.7 Å². The van der Waals surface area contributed by atoms with Crippen LogP contribution in [0.2, 0.25) is 0 Å². The number of rotatable bonds is 3. The summed E-state index contributed by atoms with van der Waals surface area (Å²) < 4.78 is 52.5. The molecule has 0 aliphatic heterocycles. The van der Waals surface area contributed by atoms with Crippen LogP contribution in [0, 0.1) is 12.7 Å². The van der Waals surface area contributed by atoms with E-state index in [2.05, 4.69) is 10.3 Å². The molecule has 2 aromatic rings. The molecule has 0 bridgehead atoms. The minimum atomic E-state index is -4.54. The summed E-state index contributed by atoms with van der Waals surface area (Å²) in [5.74, 6) is -0.575. The van der Waals surface area contributed by atoms with Gasteiger partial charge in [-0.3, -0.25) is 0 Å². The quantitative estimate of drug-likeness (QED) is 0.867. The largest absolute Gasteiger partial charge is 0.434 e. The van der Waals surface area contributed by atoms with Crippen LogP contribution in [0.1, 0.15) is 16.1 Å². The number of aromatic nitrogens is 1. The van der Waals surface area contributed by atoms with Crippen LogP contribution >= 0.6 is 11.3 Å². The molecule has 1 heterocycles. The second kappa shape index (κ2) is 5.49. The highest BCUT2D eigenvalue weighted by Crippen LogP contribution is 2.38. The number of nitrogens with one attached hydrogen (secondary N) is 1. The van der Waals surface area contributed by atoms with Gasteiger partial charge in [0.25, 0.3) is 0 Å². The molecule has 20 heavy (non-hydrogen) atoms. The third-order valence-electron chi connectivity index (χ3n) is 2.66. The van der Waals surface area contributed by atoms with Crippen molar-refractivity contribution in [3.05, 3.63) is 40.2 Å². The molecular formula is C13H12F4N2S. The van der Waals surface area contributed by atoms with Crippen LogP contribution in [-0.4, -0.2) is 12.0 Å². The van der Waals surface area contributed by atoms with Crippen molar-refractivity contribution in [3.63, 3.8) is 0 Å². The summed E-state index contributed by atoms with van der Waals surface area (Å²) in [4.78, 5) is 3.64. The molecular weight excluding hydrogens is 292 g/mol. The first kappa shape index (κ1) is 14.9. The van der Waals surface area contributed by atoms with Crippen molar-refractivity contribution in [3.8, 4) is 10.6 Å². The zero-order chi connectivity index (χ0) is 14.9. The summed E-state index contributed by atoms with van der Waals surface area (Å²) in [5, 5.41) is 2.71. The predicted octanol–water partition coefficient (Wildman–Crippen LogP) is 4.00. The van der Waals surface area contributed by atoms with E-state index >= 15 is 0 Å². The van der Waals surface area contributed by atoms with Crippen LogP contribution < -0.4 is 5.32 Å². The minimum absolute atomic E-state index is 0.0416. The molecule has 1 aromatic heterocycles. The van der Waals surface area contributed by atoms with Gasteiger partial charge in [-0.05, 0) is 26.1 Å².